The Morgan fingerprint density at radius 3 is 3.11 bits per heavy atom. The Morgan fingerprint density at radius 2 is 2.26 bits per heavy atom. The zero-order chi connectivity index (χ0) is 18.6. The topological polar surface area (TPSA) is 61.0 Å². The van der Waals surface area contributed by atoms with Crippen LogP contribution >= 0.6 is 15.9 Å². The molecule has 0 saturated carbocycles. The van der Waals surface area contributed by atoms with Gasteiger partial charge < -0.3 is 15.2 Å². The van der Waals surface area contributed by atoms with Crippen molar-refractivity contribution in [3.8, 4) is 0 Å². The lowest BCUT2D eigenvalue weighted by Gasteiger charge is -2.31. The predicted octanol–water partition coefficient (Wildman–Crippen LogP) is 4.55. The number of nitrogens with zero attached hydrogens (tertiary/aromatic N) is 2. The molecule has 0 bridgehead atoms. The van der Waals surface area contributed by atoms with Crippen LogP contribution in [0.5, 0.6) is 0 Å². The van der Waals surface area contributed by atoms with Gasteiger partial charge in [0.05, 0.1) is 17.0 Å². The number of piperidine rings is 1. The summed E-state index contributed by atoms with van der Waals surface area (Å²) in [5, 5.41) is 3.16. The summed E-state index contributed by atoms with van der Waals surface area (Å²) in [4.78, 5) is 23.0. The van der Waals surface area contributed by atoms with Crippen molar-refractivity contribution in [3.05, 3.63) is 34.3 Å². The second kappa shape index (κ2) is 8.46. The number of allylic oxidation sites excluding steroid dienone is 1. The smallest absolute Gasteiger partial charge is 0.224 e. The average Bonchev–Trinajstić information content (AvgIpc) is 3.12. The van der Waals surface area contributed by atoms with Gasteiger partial charge in [0.2, 0.25) is 11.9 Å². The van der Waals surface area contributed by atoms with E-state index in [4.69, 9.17) is 4.98 Å². The highest BCUT2D eigenvalue weighted by molar-refractivity contribution is 9.10. The number of imidazole rings is 1. The first-order valence-electron chi connectivity index (χ1n) is 10.0. The van der Waals surface area contributed by atoms with E-state index in [0.29, 0.717) is 0 Å². The molecule has 0 radical (unpaired) electrons. The number of amides is 1. The number of aromatic nitrogens is 2. The van der Waals surface area contributed by atoms with Gasteiger partial charge in [0.1, 0.15) is 0 Å². The zero-order valence-electron chi connectivity index (χ0n) is 15.6. The summed E-state index contributed by atoms with van der Waals surface area (Å²) in [7, 11) is 0. The molecule has 144 valence electrons. The molecule has 0 spiro atoms. The Labute approximate surface area is 168 Å². The Hall–Kier alpha value is -1.82. The number of hydrogen-bond donors (Lipinski definition) is 2. The lowest BCUT2D eigenvalue weighted by molar-refractivity contribution is -0.125. The molecule has 1 saturated heterocycles. The quantitative estimate of drug-likeness (QED) is 0.683. The average molecular weight is 431 g/mol. The van der Waals surface area contributed by atoms with Crippen LogP contribution in [0.4, 0.5) is 5.95 Å². The van der Waals surface area contributed by atoms with E-state index in [9.17, 15) is 4.79 Å². The van der Waals surface area contributed by atoms with Gasteiger partial charge in [-0.25, -0.2) is 4.98 Å². The fourth-order valence-corrected chi connectivity index (χ4v) is 4.49. The van der Waals surface area contributed by atoms with Gasteiger partial charge >= 0.3 is 0 Å². The van der Waals surface area contributed by atoms with Crippen LogP contribution in [0.15, 0.2) is 34.3 Å². The van der Waals surface area contributed by atoms with Crippen LogP contribution in [0.1, 0.15) is 44.9 Å². The molecule has 0 unspecified atom stereocenters. The van der Waals surface area contributed by atoms with E-state index < -0.39 is 0 Å². The molecule has 1 aliphatic carbocycles. The molecule has 4 rings (SSSR count). The molecule has 5 nitrogen and oxygen atoms in total. The minimum Gasteiger partial charge on any atom is -0.355 e. The highest BCUT2D eigenvalue weighted by atomic mass is 79.9. The van der Waals surface area contributed by atoms with Gasteiger partial charge in [0.25, 0.3) is 0 Å². The van der Waals surface area contributed by atoms with E-state index in [1.807, 2.05) is 18.2 Å². The van der Waals surface area contributed by atoms with Crippen LogP contribution < -0.4 is 10.2 Å². The molecule has 1 amide bonds. The Morgan fingerprint density at radius 1 is 1.33 bits per heavy atom. The first-order valence-corrected chi connectivity index (χ1v) is 10.8. The molecule has 1 atom stereocenters. The van der Waals surface area contributed by atoms with Crippen molar-refractivity contribution < 1.29 is 4.79 Å². The minimum atomic E-state index is 0.0408. The van der Waals surface area contributed by atoms with E-state index in [1.165, 1.54) is 31.3 Å². The monoisotopic (exact) mass is 430 g/mol. The van der Waals surface area contributed by atoms with Gasteiger partial charge in [-0.2, -0.15) is 0 Å². The first-order chi connectivity index (χ1) is 13.2. The number of aromatic amines is 1. The number of fused-ring (bicyclic) bond motifs is 1. The highest BCUT2D eigenvalue weighted by Gasteiger charge is 2.27. The summed E-state index contributed by atoms with van der Waals surface area (Å²) in [6, 6.07) is 6.05. The number of hydrogen-bond acceptors (Lipinski definition) is 3. The summed E-state index contributed by atoms with van der Waals surface area (Å²) in [5.41, 5.74) is 3.49. The van der Waals surface area contributed by atoms with E-state index in [-0.39, 0.29) is 11.8 Å². The van der Waals surface area contributed by atoms with E-state index in [2.05, 4.69) is 37.2 Å². The fraction of sp³-hybridized carbons (Fsp3) is 0.524. The number of carbonyl (C=O) groups is 1. The Kier molecular flexibility index (Phi) is 5.81. The fourth-order valence-electron chi connectivity index (χ4n) is 4.12. The summed E-state index contributed by atoms with van der Waals surface area (Å²) in [6.07, 6.45) is 10.3. The van der Waals surface area contributed by atoms with E-state index in [0.717, 1.165) is 60.4 Å². The maximum atomic E-state index is 12.6. The maximum absolute atomic E-state index is 12.6. The summed E-state index contributed by atoms with van der Waals surface area (Å²) in [6.45, 7) is 2.44. The minimum absolute atomic E-state index is 0.0408. The van der Waals surface area contributed by atoms with Crippen LogP contribution in [0.2, 0.25) is 0 Å². The normalized spacial score (nSPS) is 20.6. The van der Waals surface area contributed by atoms with Gasteiger partial charge in [0, 0.05) is 24.1 Å². The zero-order valence-corrected chi connectivity index (χ0v) is 17.2. The van der Waals surface area contributed by atoms with Crippen LogP contribution in [-0.2, 0) is 4.79 Å². The molecule has 2 heterocycles. The number of carbonyl (C=O) groups excluding carboxylic acids is 1. The van der Waals surface area contributed by atoms with Crippen molar-refractivity contribution in [3.63, 3.8) is 0 Å². The van der Waals surface area contributed by atoms with Crippen LogP contribution in [0.25, 0.3) is 11.0 Å². The summed E-state index contributed by atoms with van der Waals surface area (Å²) >= 11 is 3.50. The van der Waals surface area contributed by atoms with E-state index in [1.54, 1.807) is 0 Å². The molecule has 2 aliphatic rings. The van der Waals surface area contributed by atoms with E-state index >= 15 is 0 Å². The van der Waals surface area contributed by atoms with Crippen molar-refractivity contribution in [1.82, 2.24) is 15.3 Å². The number of anilines is 1. The largest absolute Gasteiger partial charge is 0.355 e. The maximum Gasteiger partial charge on any atom is 0.224 e. The number of rotatable bonds is 5. The third-order valence-electron chi connectivity index (χ3n) is 5.65. The standard InChI is InChI=1S/C21H27BrN4O/c22-17-8-9-18-19(13-17)25-21(24-18)26-12-4-7-16(14-26)20(27)23-11-10-15-5-2-1-3-6-15/h5,8-9,13,16H,1-4,6-7,10-12,14H2,(H,23,27)(H,24,25)/t16-/m1/s1. The molecule has 2 N–H and O–H groups in total. The number of benzene rings is 1. The lowest BCUT2D eigenvalue weighted by atomic mass is 9.96. The predicted molar refractivity (Wildman–Crippen MR) is 113 cm³/mol. The van der Waals surface area contributed by atoms with Gasteiger partial charge in [0.15, 0.2) is 0 Å². The SMILES string of the molecule is O=C(NCCC1=CCCCC1)[C@@H]1CCCN(c2nc3ccc(Br)cc3[nH]2)C1. The third kappa shape index (κ3) is 4.54. The first kappa shape index (κ1) is 18.5. The molecule has 27 heavy (non-hydrogen) atoms. The summed E-state index contributed by atoms with van der Waals surface area (Å²) < 4.78 is 1.04. The number of H-pyrrole nitrogens is 1. The Bertz CT molecular complexity index is 844. The van der Waals surface area contributed by atoms with Crippen molar-refractivity contribution >= 4 is 38.8 Å². The molecular weight excluding hydrogens is 404 g/mol. The second-order valence-corrected chi connectivity index (χ2v) is 8.57. The molecule has 6 heteroatoms. The number of nitrogens with one attached hydrogen (secondary N) is 2. The molecule has 1 aromatic carbocycles. The lowest BCUT2D eigenvalue weighted by Crippen LogP contribution is -2.43. The van der Waals surface area contributed by atoms with Crippen LogP contribution in [0, 0.1) is 5.92 Å². The van der Waals surface area contributed by atoms with Gasteiger partial charge in [-0.1, -0.05) is 27.6 Å². The van der Waals surface area contributed by atoms with Crippen molar-refractivity contribution in [2.75, 3.05) is 24.5 Å². The summed E-state index contributed by atoms with van der Waals surface area (Å²) in [5.74, 6) is 1.10. The Balaban J connectivity index is 1.34. The van der Waals surface area contributed by atoms with Gasteiger partial charge in [-0.05, 0) is 63.1 Å². The molecule has 1 aromatic heterocycles. The van der Waals surface area contributed by atoms with Crippen molar-refractivity contribution in [1.29, 1.82) is 0 Å². The van der Waals surface area contributed by atoms with Crippen molar-refractivity contribution in [2.45, 2.75) is 44.9 Å². The van der Waals surface area contributed by atoms with Gasteiger partial charge in [-0.15, -0.1) is 0 Å². The second-order valence-electron chi connectivity index (χ2n) is 7.66. The van der Waals surface area contributed by atoms with Crippen LogP contribution in [-0.4, -0.2) is 35.5 Å². The molecular formula is C21H27BrN4O. The highest BCUT2D eigenvalue weighted by Crippen LogP contribution is 2.25. The molecule has 2 aromatic rings. The third-order valence-corrected chi connectivity index (χ3v) is 6.15. The molecule has 1 aliphatic heterocycles. The van der Waals surface area contributed by atoms with Crippen LogP contribution in [0.3, 0.4) is 0 Å². The number of halogens is 1. The molecule has 1 fully saturated rings. The van der Waals surface area contributed by atoms with Crippen molar-refractivity contribution in [2.24, 2.45) is 5.92 Å². The van der Waals surface area contributed by atoms with Gasteiger partial charge in [-0.3, -0.25) is 4.79 Å².